The van der Waals surface area contributed by atoms with E-state index in [1.807, 2.05) is 0 Å². The number of benzene rings is 1. The first-order chi connectivity index (χ1) is 13.0. The predicted molar refractivity (Wildman–Crippen MR) is 93.0 cm³/mol. The molecule has 2 amide bonds. The lowest BCUT2D eigenvalue weighted by atomic mass is 10.1. The zero-order valence-corrected chi connectivity index (χ0v) is 15.5. The Labute approximate surface area is 162 Å². The van der Waals surface area contributed by atoms with Gasteiger partial charge < -0.3 is 10.1 Å². The van der Waals surface area contributed by atoms with E-state index in [1.165, 1.54) is 5.01 Å². The molecule has 1 aliphatic carbocycles. The number of anilines is 1. The molecule has 1 aliphatic heterocycles. The molecule has 1 aromatic rings. The maximum atomic E-state index is 12.7. The number of guanidine groups is 1. The first-order valence-corrected chi connectivity index (χ1v) is 8.41. The number of carbonyl (C=O) groups is 2. The van der Waals surface area contributed by atoms with Gasteiger partial charge in [-0.15, -0.1) is 23.8 Å². The minimum atomic E-state index is -5.01. The number of nitrogens with zero attached hydrogens (tertiary/aromatic N) is 2. The van der Waals surface area contributed by atoms with Crippen molar-refractivity contribution in [1.29, 1.82) is 0 Å². The molecule has 3 rings (SSSR count). The minimum Gasteiger partial charge on any atom is -0.404 e. The molecule has 9 nitrogen and oxygen atoms in total. The van der Waals surface area contributed by atoms with Crippen molar-refractivity contribution in [2.45, 2.75) is 26.1 Å². The fraction of sp³-hybridized carbons (Fsp3) is 0.400. The molecule has 0 bridgehead atoms. The van der Waals surface area contributed by atoms with E-state index in [9.17, 15) is 22.8 Å². The highest BCUT2D eigenvalue weighted by Gasteiger charge is 2.45. The molecule has 0 radical (unpaired) electrons. The number of halogens is 4. The second kappa shape index (κ2) is 7.02. The van der Waals surface area contributed by atoms with Crippen molar-refractivity contribution in [3.63, 3.8) is 0 Å². The fourth-order valence-electron chi connectivity index (χ4n) is 2.30. The Hall–Kier alpha value is -2.73. The number of nitrogens with one attached hydrogen (secondary N) is 4. The zero-order chi connectivity index (χ0) is 20.7. The minimum absolute atomic E-state index is 0.104. The number of alkyl halides is 3. The molecule has 1 heterocycles. The average molecular weight is 421 g/mol. The molecule has 1 saturated carbocycles. The van der Waals surface area contributed by atoms with Crippen LogP contribution in [0.25, 0.3) is 0 Å². The lowest BCUT2D eigenvalue weighted by Crippen LogP contribution is -2.45. The van der Waals surface area contributed by atoms with Crippen LogP contribution in [0.15, 0.2) is 17.2 Å². The van der Waals surface area contributed by atoms with Crippen LogP contribution >= 0.6 is 11.6 Å². The maximum absolute atomic E-state index is 12.7. The van der Waals surface area contributed by atoms with E-state index < -0.39 is 35.0 Å². The quantitative estimate of drug-likeness (QED) is 0.593. The maximum Gasteiger partial charge on any atom is 0.573 e. The van der Waals surface area contributed by atoms with E-state index in [0.29, 0.717) is 12.8 Å². The number of hydrazone groups is 1. The molecule has 0 unspecified atom stereocenters. The van der Waals surface area contributed by atoms with Crippen LogP contribution in [0.4, 0.5) is 18.9 Å². The summed E-state index contributed by atoms with van der Waals surface area (Å²) in [5.74, 6) is -1.86. The van der Waals surface area contributed by atoms with E-state index in [0.717, 1.165) is 12.1 Å². The summed E-state index contributed by atoms with van der Waals surface area (Å²) in [7, 11) is 1.56. The molecule has 4 N–H and O–H groups in total. The van der Waals surface area contributed by atoms with Gasteiger partial charge in [0.2, 0.25) is 11.9 Å². The van der Waals surface area contributed by atoms with Crippen molar-refractivity contribution in [3.05, 3.63) is 22.7 Å². The van der Waals surface area contributed by atoms with Crippen molar-refractivity contribution in [2.24, 2.45) is 10.5 Å². The second-order valence-electron chi connectivity index (χ2n) is 6.53. The molecular formula is C15H16ClF3N6O3. The standard InChI is InChI=1S/C15H16ClF3N6O3/c1-14(5-6-14)12(27)20-10-8(28-15(17,18)19)4-3-7(9(10)16)11(26)21-13-22-23-24-25(13)2/h3-4,23-24H,5-6H2,1-2H3,(H,20,27)(H,21,22,26). The van der Waals surface area contributed by atoms with Gasteiger partial charge in [0.05, 0.1) is 10.6 Å². The summed E-state index contributed by atoms with van der Waals surface area (Å²) in [4.78, 5) is 24.8. The Morgan fingerprint density at radius 2 is 2.00 bits per heavy atom. The smallest absolute Gasteiger partial charge is 0.404 e. The molecule has 0 spiro atoms. The summed E-state index contributed by atoms with van der Waals surface area (Å²) in [6.45, 7) is 1.67. The third-order valence-electron chi connectivity index (χ3n) is 4.28. The lowest BCUT2D eigenvalue weighted by Gasteiger charge is -2.19. The topological polar surface area (TPSA) is 107 Å². The van der Waals surface area contributed by atoms with Crippen LogP contribution in [0.5, 0.6) is 5.75 Å². The van der Waals surface area contributed by atoms with Gasteiger partial charge in [-0.3, -0.25) is 19.9 Å². The molecule has 2 aliphatic rings. The van der Waals surface area contributed by atoms with Gasteiger partial charge >= 0.3 is 6.36 Å². The van der Waals surface area contributed by atoms with Crippen LogP contribution in [0.3, 0.4) is 0 Å². The van der Waals surface area contributed by atoms with Gasteiger partial charge in [-0.1, -0.05) is 18.5 Å². The van der Waals surface area contributed by atoms with Gasteiger partial charge in [-0.2, -0.15) is 0 Å². The second-order valence-corrected chi connectivity index (χ2v) is 6.91. The van der Waals surface area contributed by atoms with Crippen LogP contribution in [0, 0.1) is 5.41 Å². The fourth-order valence-corrected chi connectivity index (χ4v) is 2.59. The SMILES string of the molecule is CN1NNN=C1NC(=O)c1ccc(OC(F)(F)F)c(NC(=O)C2(C)CC2)c1Cl. The average Bonchev–Trinajstić information content (AvgIpc) is 3.22. The van der Waals surface area contributed by atoms with Gasteiger partial charge in [0.25, 0.3) is 5.91 Å². The first kappa shape index (κ1) is 20.0. The molecule has 0 aromatic heterocycles. The molecule has 152 valence electrons. The number of ether oxygens (including phenoxy) is 1. The number of rotatable bonds is 4. The lowest BCUT2D eigenvalue weighted by molar-refractivity contribution is -0.274. The van der Waals surface area contributed by atoms with Crippen molar-refractivity contribution in [1.82, 2.24) is 21.4 Å². The summed E-state index contributed by atoms with van der Waals surface area (Å²) < 4.78 is 42.1. The van der Waals surface area contributed by atoms with Gasteiger partial charge in [0.1, 0.15) is 5.69 Å². The van der Waals surface area contributed by atoms with E-state index in [2.05, 4.69) is 31.5 Å². The van der Waals surface area contributed by atoms with Crippen molar-refractivity contribution >= 4 is 35.1 Å². The van der Waals surface area contributed by atoms with Gasteiger partial charge in [-0.25, -0.2) is 5.53 Å². The molecule has 13 heteroatoms. The summed E-state index contributed by atoms with van der Waals surface area (Å²) in [5.41, 5.74) is 3.69. The largest absolute Gasteiger partial charge is 0.573 e. The monoisotopic (exact) mass is 420 g/mol. The van der Waals surface area contributed by atoms with E-state index in [-0.39, 0.29) is 16.5 Å². The zero-order valence-electron chi connectivity index (χ0n) is 14.7. The van der Waals surface area contributed by atoms with Crippen LogP contribution < -0.4 is 26.4 Å². The van der Waals surface area contributed by atoms with Gasteiger partial charge in [0.15, 0.2) is 5.75 Å². The molecule has 1 aromatic carbocycles. The summed E-state index contributed by atoms with van der Waals surface area (Å²) in [6, 6.07) is 1.97. The van der Waals surface area contributed by atoms with E-state index in [1.54, 1.807) is 14.0 Å². The number of hydrogen-bond donors (Lipinski definition) is 4. The predicted octanol–water partition coefficient (Wildman–Crippen LogP) is 1.93. The normalized spacial score (nSPS) is 17.5. The summed E-state index contributed by atoms with van der Waals surface area (Å²) >= 11 is 6.17. The first-order valence-electron chi connectivity index (χ1n) is 8.03. The van der Waals surface area contributed by atoms with Crippen molar-refractivity contribution in [2.75, 3.05) is 12.4 Å². The summed E-state index contributed by atoms with van der Waals surface area (Å²) in [5, 5.41) is 9.50. The van der Waals surface area contributed by atoms with Gasteiger partial charge in [0, 0.05) is 12.5 Å². The third kappa shape index (κ3) is 4.22. The Kier molecular flexibility index (Phi) is 5.02. The van der Waals surface area contributed by atoms with Crippen molar-refractivity contribution in [3.8, 4) is 5.75 Å². The van der Waals surface area contributed by atoms with E-state index in [4.69, 9.17) is 11.6 Å². The number of carbonyl (C=O) groups excluding carboxylic acids is 2. The molecule has 28 heavy (non-hydrogen) atoms. The number of hydrogen-bond acceptors (Lipinski definition) is 7. The Morgan fingerprint density at radius 1 is 1.32 bits per heavy atom. The van der Waals surface area contributed by atoms with Gasteiger partial charge in [-0.05, 0) is 25.0 Å². The Morgan fingerprint density at radius 3 is 2.54 bits per heavy atom. The number of hydrazine groups is 2. The highest BCUT2D eigenvalue weighted by Crippen LogP contribution is 2.47. The van der Waals surface area contributed by atoms with Crippen LogP contribution in [0.2, 0.25) is 5.02 Å². The Bertz CT molecular complexity index is 856. The van der Waals surface area contributed by atoms with Crippen molar-refractivity contribution < 1.29 is 27.5 Å². The van der Waals surface area contributed by atoms with Crippen LogP contribution in [0.1, 0.15) is 30.1 Å². The highest BCUT2D eigenvalue weighted by molar-refractivity contribution is 6.37. The molecule has 0 saturated heterocycles. The van der Waals surface area contributed by atoms with Crippen LogP contribution in [-0.4, -0.2) is 36.2 Å². The molecular weight excluding hydrogens is 405 g/mol. The van der Waals surface area contributed by atoms with Crippen LogP contribution in [-0.2, 0) is 4.79 Å². The number of amides is 2. The summed E-state index contributed by atoms with van der Waals surface area (Å²) in [6.07, 6.45) is -3.81. The molecule has 1 fully saturated rings. The Balaban J connectivity index is 1.92. The highest BCUT2D eigenvalue weighted by atomic mass is 35.5. The van der Waals surface area contributed by atoms with E-state index >= 15 is 0 Å². The molecule has 0 atom stereocenters. The third-order valence-corrected chi connectivity index (χ3v) is 4.68.